The molecule has 0 unspecified atom stereocenters. The molecule has 0 fully saturated rings. The molecule has 1 amide bonds. The van der Waals surface area contributed by atoms with Crippen molar-refractivity contribution in [3.8, 4) is 17.6 Å². The van der Waals surface area contributed by atoms with Crippen LogP contribution in [0.3, 0.4) is 0 Å². The van der Waals surface area contributed by atoms with Crippen LogP contribution in [0.1, 0.15) is 30.9 Å². The molecule has 1 N–H and O–H groups in total. The first-order valence-electron chi connectivity index (χ1n) is 8.79. The van der Waals surface area contributed by atoms with Crippen molar-refractivity contribution in [2.45, 2.75) is 32.7 Å². The summed E-state index contributed by atoms with van der Waals surface area (Å²) in [5.74, 6) is 1.08. The molecule has 0 aliphatic rings. The molecule has 0 aromatic heterocycles. The van der Waals surface area contributed by atoms with E-state index in [1.165, 1.54) is 5.56 Å². The lowest BCUT2D eigenvalue weighted by Crippen LogP contribution is -2.21. The molecule has 2 rings (SSSR count). The van der Waals surface area contributed by atoms with Gasteiger partial charge in [0.05, 0.1) is 19.3 Å². The smallest absolute Gasteiger partial charge is 0.234 e. The Morgan fingerprint density at radius 2 is 1.88 bits per heavy atom. The summed E-state index contributed by atoms with van der Waals surface area (Å²) in [7, 11) is 0. The normalized spacial score (nSPS) is 10.0. The first-order valence-corrected chi connectivity index (χ1v) is 8.79. The topological polar surface area (TPSA) is 71.3 Å². The van der Waals surface area contributed by atoms with Crippen LogP contribution in [0.25, 0.3) is 0 Å². The van der Waals surface area contributed by atoms with E-state index in [1.807, 2.05) is 49.4 Å². The molecular formula is C21H24N2O3. The molecule has 26 heavy (non-hydrogen) atoms. The van der Waals surface area contributed by atoms with E-state index in [0.717, 1.165) is 18.4 Å². The minimum Gasteiger partial charge on any atom is -0.490 e. The van der Waals surface area contributed by atoms with Crippen molar-refractivity contribution in [2.75, 3.05) is 13.2 Å². The number of hydrogen-bond donors (Lipinski definition) is 1. The molecule has 0 saturated carbocycles. The largest absolute Gasteiger partial charge is 0.490 e. The summed E-state index contributed by atoms with van der Waals surface area (Å²) in [6, 6.07) is 17.8. The number of hydrogen-bond acceptors (Lipinski definition) is 4. The number of aryl methyl sites for hydroxylation is 1. The first kappa shape index (κ1) is 19.3. The van der Waals surface area contributed by atoms with Crippen molar-refractivity contribution in [3.05, 3.63) is 59.7 Å². The summed E-state index contributed by atoms with van der Waals surface area (Å²) >= 11 is 0. The van der Waals surface area contributed by atoms with Gasteiger partial charge in [0.15, 0.2) is 11.5 Å². The van der Waals surface area contributed by atoms with Crippen molar-refractivity contribution >= 4 is 5.91 Å². The van der Waals surface area contributed by atoms with Gasteiger partial charge in [0, 0.05) is 6.54 Å². The molecule has 136 valence electrons. The molecule has 0 bridgehead atoms. The summed E-state index contributed by atoms with van der Waals surface area (Å²) < 4.78 is 11.5. The third kappa shape index (κ3) is 6.48. The Balaban J connectivity index is 1.88. The summed E-state index contributed by atoms with van der Waals surface area (Å²) in [6.45, 7) is 3.41. The lowest BCUT2D eigenvalue weighted by atomic mass is 10.1. The van der Waals surface area contributed by atoms with E-state index in [-0.39, 0.29) is 12.3 Å². The van der Waals surface area contributed by atoms with Crippen LogP contribution >= 0.6 is 0 Å². The summed E-state index contributed by atoms with van der Waals surface area (Å²) in [5.41, 5.74) is 2.20. The molecule has 2 aromatic carbocycles. The Bertz CT molecular complexity index is 739. The number of ether oxygens (including phenoxy) is 2. The minimum absolute atomic E-state index is 0.138. The number of rotatable bonds is 10. The van der Waals surface area contributed by atoms with Crippen LogP contribution in [0.15, 0.2) is 48.5 Å². The van der Waals surface area contributed by atoms with Crippen molar-refractivity contribution in [3.63, 3.8) is 0 Å². The monoisotopic (exact) mass is 352 g/mol. The van der Waals surface area contributed by atoms with Crippen molar-refractivity contribution in [1.82, 2.24) is 5.32 Å². The molecule has 5 heteroatoms. The van der Waals surface area contributed by atoms with Crippen LogP contribution < -0.4 is 14.8 Å². The van der Waals surface area contributed by atoms with E-state index in [1.54, 1.807) is 0 Å². The first-order chi connectivity index (χ1) is 12.7. The second-order valence-corrected chi connectivity index (χ2v) is 5.76. The maximum absolute atomic E-state index is 11.4. The summed E-state index contributed by atoms with van der Waals surface area (Å²) in [5, 5.41) is 11.2. The van der Waals surface area contributed by atoms with E-state index in [4.69, 9.17) is 14.7 Å². The van der Waals surface area contributed by atoms with Crippen LogP contribution in [0, 0.1) is 11.3 Å². The standard InChI is InChI=1S/C21H24N2O3/c1-2-25-20-15-18(16-23-21(24)12-13-22)10-11-19(20)26-14-6-9-17-7-4-3-5-8-17/h3-5,7-8,10-11,15H,2,6,9,12,14,16H2,1H3,(H,23,24). The number of nitrogens with one attached hydrogen (secondary N) is 1. The lowest BCUT2D eigenvalue weighted by Gasteiger charge is -2.14. The van der Waals surface area contributed by atoms with Gasteiger partial charge in [-0.3, -0.25) is 4.79 Å². The Kier molecular flexibility index (Phi) is 8.01. The zero-order valence-electron chi connectivity index (χ0n) is 15.0. The fraction of sp³-hybridized carbons (Fsp3) is 0.333. The molecule has 0 saturated heterocycles. The third-order valence-electron chi connectivity index (χ3n) is 3.75. The number of nitriles is 1. The van der Waals surface area contributed by atoms with Crippen LogP contribution in [0.2, 0.25) is 0 Å². The van der Waals surface area contributed by atoms with Crippen LogP contribution in [-0.2, 0) is 17.8 Å². The fourth-order valence-corrected chi connectivity index (χ4v) is 2.49. The maximum Gasteiger partial charge on any atom is 0.234 e. The molecule has 0 spiro atoms. The molecule has 0 radical (unpaired) electrons. The van der Waals surface area contributed by atoms with Gasteiger partial charge in [-0.1, -0.05) is 36.4 Å². The van der Waals surface area contributed by atoms with Crippen LogP contribution in [0.5, 0.6) is 11.5 Å². The van der Waals surface area contributed by atoms with Gasteiger partial charge in [-0.05, 0) is 43.0 Å². The maximum atomic E-state index is 11.4. The van der Waals surface area contributed by atoms with Crippen LogP contribution in [-0.4, -0.2) is 19.1 Å². The summed E-state index contributed by atoms with van der Waals surface area (Å²) in [4.78, 5) is 11.4. The highest BCUT2D eigenvalue weighted by Gasteiger charge is 2.08. The Hall–Kier alpha value is -3.00. The van der Waals surface area contributed by atoms with E-state index < -0.39 is 0 Å². The Labute approximate surface area is 154 Å². The Morgan fingerprint density at radius 1 is 1.08 bits per heavy atom. The molecule has 0 atom stereocenters. The third-order valence-corrected chi connectivity index (χ3v) is 3.75. The van der Waals surface area contributed by atoms with Gasteiger partial charge in [0.2, 0.25) is 5.91 Å². The van der Waals surface area contributed by atoms with Gasteiger partial charge >= 0.3 is 0 Å². The van der Waals surface area contributed by atoms with E-state index in [9.17, 15) is 4.79 Å². The van der Waals surface area contributed by atoms with E-state index in [2.05, 4.69) is 17.4 Å². The number of carbonyl (C=O) groups excluding carboxylic acids is 1. The second kappa shape index (κ2) is 10.8. The van der Waals surface area contributed by atoms with Gasteiger partial charge in [-0.15, -0.1) is 0 Å². The zero-order chi connectivity index (χ0) is 18.6. The van der Waals surface area contributed by atoms with E-state index in [0.29, 0.717) is 31.3 Å². The van der Waals surface area contributed by atoms with Crippen molar-refractivity contribution in [1.29, 1.82) is 5.26 Å². The average molecular weight is 352 g/mol. The predicted octanol–water partition coefficient (Wildman–Crippen LogP) is 3.63. The minimum atomic E-state index is -0.285. The lowest BCUT2D eigenvalue weighted by molar-refractivity contribution is -0.120. The van der Waals surface area contributed by atoms with Gasteiger partial charge in [0.1, 0.15) is 6.42 Å². The number of nitrogens with zero attached hydrogens (tertiary/aromatic N) is 1. The SMILES string of the molecule is CCOc1cc(CNC(=O)CC#N)ccc1OCCCc1ccccc1. The molecular weight excluding hydrogens is 328 g/mol. The average Bonchev–Trinajstić information content (AvgIpc) is 2.66. The number of amides is 1. The van der Waals surface area contributed by atoms with Gasteiger partial charge in [-0.25, -0.2) is 0 Å². The zero-order valence-corrected chi connectivity index (χ0v) is 15.0. The molecule has 0 aliphatic carbocycles. The molecule has 2 aromatic rings. The van der Waals surface area contributed by atoms with Crippen LogP contribution in [0.4, 0.5) is 0 Å². The highest BCUT2D eigenvalue weighted by molar-refractivity contribution is 5.77. The fourth-order valence-electron chi connectivity index (χ4n) is 2.49. The van der Waals surface area contributed by atoms with E-state index >= 15 is 0 Å². The highest BCUT2D eigenvalue weighted by atomic mass is 16.5. The molecule has 5 nitrogen and oxygen atoms in total. The van der Waals surface area contributed by atoms with Crippen molar-refractivity contribution in [2.24, 2.45) is 0 Å². The van der Waals surface area contributed by atoms with Crippen molar-refractivity contribution < 1.29 is 14.3 Å². The second-order valence-electron chi connectivity index (χ2n) is 5.76. The van der Waals surface area contributed by atoms with Gasteiger partial charge < -0.3 is 14.8 Å². The van der Waals surface area contributed by atoms with Gasteiger partial charge in [-0.2, -0.15) is 5.26 Å². The number of carbonyl (C=O) groups is 1. The highest BCUT2D eigenvalue weighted by Crippen LogP contribution is 2.28. The predicted molar refractivity (Wildman–Crippen MR) is 99.9 cm³/mol. The quantitative estimate of drug-likeness (QED) is 0.663. The summed E-state index contributed by atoms with van der Waals surface area (Å²) in [6.07, 6.45) is 1.75. The number of benzene rings is 2. The molecule has 0 heterocycles. The molecule has 0 aliphatic heterocycles. The Morgan fingerprint density at radius 3 is 2.62 bits per heavy atom. The van der Waals surface area contributed by atoms with Gasteiger partial charge in [0.25, 0.3) is 0 Å².